The van der Waals surface area contributed by atoms with E-state index in [-0.39, 0.29) is 6.04 Å². The van der Waals surface area contributed by atoms with Crippen molar-refractivity contribution in [2.75, 3.05) is 22.8 Å². The second-order valence-corrected chi connectivity index (χ2v) is 5.94. The summed E-state index contributed by atoms with van der Waals surface area (Å²) in [7, 11) is -0.783. The molecule has 4 N–H and O–H groups in total. The molecule has 0 aromatic carbocycles. The Bertz CT molecular complexity index is 584. The fourth-order valence-electron chi connectivity index (χ4n) is 1.75. The maximum Gasteiger partial charge on any atom is 0.180 e. The highest BCUT2D eigenvalue weighted by Gasteiger charge is 2.10. The highest BCUT2D eigenvalue weighted by atomic mass is 32.2. The molecule has 0 bridgehead atoms. The van der Waals surface area contributed by atoms with Crippen LogP contribution < -0.4 is 16.6 Å². The summed E-state index contributed by atoms with van der Waals surface area (Å²) in [6, 6.07) is 0.157. The molecule has 2 aromatic heterocycles. The average molecular weight is 282 g/mol. The number of hydrazine groups is 1. The van der Waals surface area contributed by atoms with Crippen molar-refractivity contribution in [1.29, 1.82) is 0 Å². The van der Waals surface area contributed by atoms with Crippen LogP contribution in [-0.2, 0) is 10.8 Å². The number of nitrogens with zero attached hydrogens (tertiary/aromatic N) is 3. The number of imidazole rings is 1. The first kappa shape index (κ1) is 13.8. The molecule has 0 radical (unpaired) electrons. The summed E-state index contributed by atoms with van der Waals surface area (Å²) in [6.45, 7) is 2.02. The lowest BCUT2D eigenvalue weighted by Crippen LogP contribution is -2.20. The third kappa shape index (κ3) is 3.42. The van der Waals surface area contributed by atoms with E-state index in [2.05, 4.69) is 20.7 Å². The van der Waals surface area contributed by atoms with E-state index in [0.29, 0.717) is 17.4 Å². The molecule has 0 spiro atoms. The fraction of sp³-hybridized carbons (Fsp3) is 0.455. The maximum absolute atomic E-state index is 11.1. The topological polar surface area (TPSA) is 97.3 Å². The lowest BCUT2D eigenvalue weighted by Gasteiger charge is -2.15. The van der Waals surface area contributed by atoms with Gasteiger partial charge in [-0.3, -0.25) is 4.21 Å². The maximum atomic E-state index is 11.1. The first-order valence-corrected chi connectivity index (χ1v) is 7.69. The Balaban J connectivity index is 2.18. The average Bonchev–Trinajstić information content (AvgIpc) is 2.84. The lowest BCUT2D eigenvalue weighted by molar-refractivity contribution is 0.678. The van der Waals surface area contributed by atoms with Gasteiger partial charge in [0.2, 0.25) is 0 Å². The summed E-state index contributed by atoms with van der Waals surface area (Å²) in [5, 5.41) is 3.28. The number of fused-ring (bicyclic) bond motifs is 1. The van der Waals surface area contributed by atoms with E-state index in [4.69, 9.17) is 5.84 Å². The summed E-state index contributed by atoms with van der Waals surface area (Å²) in [5.41, 5.74) is 3.26. The molecule has 0 aliphatic heterocycles. The summed E-state index contributed by atoms with van der Waals surface area (Å²) in [6.07, 6.45) is 7.80. The van der Waals surface area contributed by atoms with E-state index >= 15 is 0 Å². The predicted molar refractivity (Wildman–Crippen MR) is 77.4 cm³/mol. The van der Waals surface area contributed by atoms with Gasteiger partial charge in [-0.15, -0.1) is 0 Å². The summed E-state index contributed by atoms with van der Waals surface area (Å²) in [5.74, 6) is 7.27. The van der Waals surface area contributed by atoms with Crippen LogP contribution >= 0.6 is 0 Å². The molecule has 0 aliphatic rings. The molecule has 2 heterocycles. The Hall–Kier alpha value is -1.67. The van der Waals surface area contributed by atoms with E-state index in [1.54, 1.807) is 18.6 Å². The van der Waals surface area contributed by atoms with Crippen LogP contribution in [0.4, 0.5) is 11.6 Å². The molecule has 7 nitrogen and oxygen atoms in total. The van der Waals surface area contributed by atoms with Gasteiger partial charge in [0.25, 0.3) is 0 Å². The summed E-state index contributed by atoms with van der Waals surface area (Å²) < 4.78 is 12.9. The molecule has 104 valence electrons. The number of nitrogens with two attached hydrogens (primary N) is 1. The number of hydrogen-bond donors (Lipinski definition) is 3. The minimum Gasteiger partial charge on any atom is -0.364 e. The first-order valence-electron chi connectivity index (χ1n) is 5.97. The van der Waals surface area contributed by atoms with E-state index in [0.717, 1.165) is 12.1 Å². The smallest absolute Gasteiger partial charge is 0.180 e. The van der Waals surface area contributed by atoms with Crippen LogP contribution in [0.5, 0.6) is 0 Å². The van der Waals surface area contributed by atoms with Gasteiger partial charge in [-0.2, -0.15) is 0 Å². The van der Waals surface area contributed by atoms with Crippen LogP contribution in [0.15, 0.2) is 18.6 Å². The van der Waals surface area contributed by atoms with Crippen molar-refractivity contribution in [2.24, 2.45) is 5.84 Å². The van der Waals surface area contributed by atoms with Crippen molar-refractivity contribution >= 4 is 28.1 Å². The summed E-state index contributed by atoms with van der Waals surface area (Å²) in [4.78, 5) is 8.60. The normalized spacial score (nSPS) is 14.3. The minimum atomic E-state index is -0.783. The first-order chi connectivity index (χ1) is 9.10. The Morgan fingerprint density at radius 1 is 1.58 bits per heavy atom. The van der Waals surface area contributed by atoms with Crippen LogP contribution in [0, 0.1) is 0 Å². The van der Waals surface area contributed by atoms with Gasteiger partial charge in [0.1, 0.15) is 0 Å². The van der Waals surface area contributed by atoms with Crippen molar-refractivity contribution in [3.8, 4) is 0 Å². The number of anilines is 2. The van der Waals surface area contributed by atoms with E-state index < -0.39 is 10.8 Å². The summed E-state index contributed by atoms with van der Waals surface area (Å²) >= 11 is 0. The Morgan fingerprint density at radius 2 is 2.37 bits per heavy atom. The third-order valence-corrected chi connectivity index (χ3v) is 3.55. The molecule has 8 heteroatoms. The molecule has 0 amide bonds. The number of nitrogen functional groups attached to an aromatic ring is 1. The number of hydrogen-bond acceptors (Lipinski definition) is 6. The van der Waals surface area contributed by atoms with Gasteiger partial charge in [-0.1, -0.05) is 0 Å². The van der Waals surface area contributed by atoms with Crippen LogP contribution in [0.25, 0.3) is 5.65 Å². The highest BCUT2D eigenvalue weighted by Crippen LogP contribution is 2.17. The fourth-order valence-corrected chi connectivity index (χ4v) is 2.43. The molecule has 0 aliphatic carbocycles. The minimum absolute atomic E-state index is 0.157. The van der Waals surface area contributed by atoms with E-state index in [9.17, 15) is 4.21 Å². The molecule has 2 unspecified atom stereocenters. The predicted octanol–water partition coefficient (Wildman–Crippen LogP) is 0.584. The molecular weight excluding hydrogens is 264 g/mol. The Kier molecular flexibility index (Phi) is 4.33. The van der Waals surface area contributed by atoms with Crippen molar-refractivity contribution < 1.29 is 4.21 Å². The third-order valence-electron chi connectivity index (χ3n) is 2.74. The van der Waals surface area contributed by atoms with Crippen LogP contribution in [0.1, 0.15) is 13.3 Å². The molecule has 2 aromatic rings. The van der Waals surface area contributed by atoms with Gasteiger partial charge in [0.15, 0.2) is 17.3 Å². The van der Waals surface area contributed by atoms with Crippen LogP contribution in [-0.4, -0.2) is 36.6 Å². The number of aromatic nitrogens is 3. The molecule has 2 rings (SSSR count). The molecule has 19 heavy (non-hydrogen) atoms. The highest BCUT2D eigenvalue weighted by molar-refractivity contribution is 7.84. The van der Waals surface area contributed by atoms with Crippen molar-refractivity contribution in [3.05, 3.63) is 18.6 Å². The van der Waals surface area contributed by atoms with Crippen molar-refractivity contribution in [3.63, 3.8) is 0 Å². The van der Waals surface area contributed by atoms with E-state index in [1.807, 2.05) is 17.5 Å². The van der Waals surface area contributed by atoms with Gasteiger partial charge < -0.3 is 15.1 Å². The Morgan fingerprint density at radius 3 is 3.05 bits per heavy atom. The standard InChI is InChI=1S/C11H18N6OS/c1-8(3-6-19(2)18)14-10-11-13-4-5-17(11)7-9(15-10)16-12/h4-5,7-8,16H,3,6,12H2,1-2H3,(H,14,15). The van der Waals surface area contributed by atoms with Gasteiger partial charge in [-0.05, 0) is 13.3 Å². The zero-order valence-electron chi connectivity index (χ0n) is 11.0. The van der Waals surface area contributed by atoms with Crippen LogP contribution in [0.2, 0.25) is 0 Å². The largest absolute Gasteiger partial charge is 0.364 e. The second-order valence-electron chi connectivity index (χ2n) is 4.39. The van der Waals surface area contributed by atoms with Gasteiger partial charge in [-0.25, -0.2) is 15.8 Å². The van der Waals surface area contributed by atoms with Gasteiger partial charge in [0, 0.05) is 41.2 Å². The van der Waals surface area contributed by atoms with Gasteiger partial charge >= 0.3 is 0 Å². The molecule has 0 saturated carbocycles. The Labute approximate surface area is 114 Å². The zero-order chi connectivity index (χ0) is 13.8. The van der Waals surface area contributed by atoms with E-state index in [1.165, 1.54) is 0 Å². The molecule has 0 fully saturated rings. The SMILES string of the molecule is CC(CCS(C)=O)Nc1nc(NN)cn2ccnc12. The molecule has 2 atom stereocenters. The van der Waals surface area contributed by atoms with Crippen molar-refractivity contribution in [2.45, 2.75) is 19.4 Å². The number of rotatable bonds is 6. The molecular formula is C11H18N6OS. The lowest BCUT2D eigenvalue weighted by atomic mass is 10.2. The molecule has 0 saturated heterocycles. The number of nitrogens with one attached hydrogen (secondary N) is 2. The van der Waals surface area contributed by atoms with Crippen molar-refractivity contribution in [1.82, 2.24) is 14.4 Å². The van der Waals surface area contributed by atoms with Gasteiger partial charge in [0.05, 0.1) is 6.20 Å². The quantitative estimate of drug-likeness (QED) is 0.530. The van der Waals surface area contributed by atoms with Crippen LogP contribution in [0.3, 0.4) is 0 Å². The zero-order valence-corrected chi connectivity index (χ0v) is 11.8. The second kappa shape index (κ2) is 5.98. The monoisotopic (exact) mass is 282 g/mol.